The fourth-order valence-electron chi connectivity index (χ4n) is 1.84. The molecule has 1 heterocycles. The van der Waals surface area contributed by atoms with Gasteiger partial charge in [0.2, 0.25) is 0 Å². The molecule has 3 nitrogen and oxygen atoms in total. The number of nitrogens with zero attached hydrogens (tertiary/aromatic N) is 1. The zero-order valence-electron chi connectivity index (χ0n) is 12.5. The normalized spacial score (nSPS) is 11.4. The van der Waals surface area contributed by atoms with Gasteiger partial charge in [-0.25, -0.2) is 4.79 Å². The van der Waals surface area contributed by atoms with Crippen LogP contribution in [0.1, 0.15) is 42.4 Å². The molecule has 110 valence electrons. The van der Waals surface area contributed by atoms with Crippen molar-refractivity contribution in [3.05, 3.63) is 59.4 Å². The maximum absolute atomic E-state index is 10.8. The van der Waals surface area contributed by atoms with Gasteiger partial charge in [-0.15, -0.1) is 11.8 Å². The molecule has 21 heavy (non-hydrogen) atoms. The lowest BCUT2D eigenvalue weighted by molar-refractivity contribution is 0.0696. The third-order valence-corrected chi connectivity index (χ3v) is 4.22. The standard InChI is InChI=1S/C17H19NO2S/c1-17(2,3)13-5-8-15(9-6-13)21-11-14-7-4-12(10-18-14)16(19)20/h4-10H,11H2,1-3H3,(H,19,20). The highest BCUT2D eigenvalue weighted by atomic mass is 32.2. The van der Waals surface area contributed by atoms with E-state index in [1.54, 1.807) is 23.9 Å². The number of carbonyl (C=O) groups is 1. The average Bonchev–Trinajstić information content (AvgIpc) is 2.45. The number of carboxylic acid groups (broad SMARTS) is 1. The highest BCUT2D eigenvalue weighted by molar-refractivity contribution is 7.98. The predicted molar refractivity (Wildman–Crippen MR) is 85.9 cm³/mol. The van der Waals surface area contributed by atoms with Crippen molar-refractivity contribution in [1.29, 1.82) is 0 Å². The molecule has 4 heteroatoms. The Morgan fingerprint density at radius 3 is 2.29 bits per heavy atom. The zero-order valence-corrected chi connectivity index (χ0v) is 13.3. The Bertz CT molecular complexity index is 613. The van der Waals surface area contributed by atoms with Crippen molar-refractivity contribution in [3.63, 3.8) is 0 Å². The van der Waals surface area contributed by atoms with Gasteiger partial charge in [-0.2, -0.15) is 0 Å². The minimum absolute atomic E-state index is 0.164. The fourth-order valence-corrected chi connectivity index (χ4v) is 2.66. The van der Waals surface area contributed by atoms with Crippen LogP contribution in [0, 0.1) is 0 Å². The summed E-state index contributed by atoms with van der Waals surface area (Å²) < 4.78 is 0. The molecule has 1 aromatic carbocycles. The number of aromatic nitrogens is 1. The highest BCUT2D eigenvalue weighted by Crippen LogP contribution is 2.27. The van der Waals surface area contributed by atoms with Crippen LogP contribution in [-0.2, 0) is 11.2 Å². The molecule has 0 amide bonds. The number of thioether (sulfide) groups is 1. The second-order valence-electron chi connectivity index (χ2n) is 5.91. The molecule has 0 saturated carbocycles. The molecule has 0 radical (unpaired) electrons. The minimum atomic E-state index is -0.945. The molecular formula is C17H19NO2S. The lowest BCUT2D eigenvalue weighted by Gasteiger charge is -2.19. The number of carboxylic acids is 1. The molecule has 0 saturated heterocycles. The maximum atomic E-state index is 10.8. The van der Waals surface area contributed by atoms with Gasteiger partial charge in [-0.05, 0) is 35.2 Å². The monoisotopic (exact) mass is 301 g/mol. The molecule has 2 aromatic rings. The van der Waals surface area contributed by atoms with E-state index in [9.17, 15) is 4.79 Å². The summed E-state index contributed by atoms with van der Waals surface area (Å²) >= 11 is 1.70. The zero-order chi connectivity index (χ0) is 15.5. The molecule has 0 spiro atoms. The lowest BCUT2D eigenvalue weighted by Crippen LogP contribution is -2.10. The van der Waals surface area contributed by atoms with Gasteiger partial charge in [0.25, 0.3) is 0 Å². The first-order valence-electron chi connectivity index (χ1n) is 6.78. The average molecular weight is 301 g/mol. The summed E-state index contributed by atoms with van der Waals surface area (Å²) in [6.07, 6.45) is 1.40. The number of pyridine rings is 1. The smallest absolute Gasteiger partial charge is 0.337 e. The van der Waals surface area contributed by atoms with Crippen LogP contribution < -0.4 is 0 Å². The Morgan fingerprint density at radius 2 is 1.81 bits per heavy atom. The lowest BCUT2D eigenvalue weighted by atomic mass is 9.87. The van der Waals surface area contributed by atoms with Gasteiger partial charge in [0.05, 0.1) is 11.3 Å². The Morgan fingerprint density at radius 1 is 1.14 bits per heavy atom. The van der Waals surface area contributed by atoms with Crippen molar-refractivity contribution in [2.75, 3.05) is 0 Å². The van der Waals surface area contributed by atoms with Crippen molar-refractivity contribution in [1.82, 2.24) is 4.98 Å². The summed E-state index contributed by atoms with van der Waals surface area (Å²) in [7, 11) is 0. The highest BCUT2D eigenvalue weighted by Gasteiger charge is 2.12. The summed E-state index contributed by atoms with van der Waals surface area (Å²) in [4.78, 5) is 16.1. The summed E-state index contributed by atoms with van der Waals surface area (Å²) in [5.41, 5.74) is 2.58. The van der Waals surface area contributed by atoms with Gasteiger partial charge in [0.1, 0.15) is 0 Å². The predicted octanol–water partition coefficient (Wildman–Crippen LogP) is 4.37. The molecule has 0 bridgehead atoms. The fraction of sp³-hybridized carbons (Fsp3) is 0.294. The van der Waals surface area contributed by atoms with Gasteiger partial charge >= 0.3 is 5.97 Å². The van der Waals surface area contributed by atoms with Crippen LogP contribution in [0.25, 0.3) is 0 Å². The first-order valence-corrected chi connectivity index (χ1v) is 7.76. The molecule has 1 aromatic heterocycles. The summed E-state index contributed by atoms with van der Waals surface area (Å²) in [6.45, 7) is 6.59. The van der Waals surface area contributed by atoms with E-state index in [2.05, 4.69) is 50.0 Å². The molecular weight excluding hydrogens is 282 g/mol. The second-order valence-corrected chi connectivity index (χ2v) is 6.96. The first kappa shape index (κ1) is 15.6. The summed E-state index contributed by atoms with van der Waals surface area (Å²) in [5, 5.41) is 8.83. The maximum Gasteiger partial charge on any atom is 0.337 e. The van der Waals surface area contributed by atoms with Gasteiger partial charge in [0.15, 0.2) is 0 Å². The van der Waals surface area contributed by atoms with Gasteiger partial charge in [-0.1, -0.05) is 32.9 Å². The minimum Gasteiger partial charge on any atom is -0.478 e. The third kappa shape index (κ3) is 4.33. The quantitative estimate of drug-likeness (QED) is 0.852. The number of rotatable bonds is 4. The summed E-state index contributed by atoms with van der Waals surface area (Å²) in [5.74, 6) is -0.214. The number of hydrogen-bond acceptors (Lipinski definition) is 3. The molecule has 0 fully saturated rings. The van der Waals surface area contributed by atoms with Gasteiger partial charge < -0.3 is 5.11 Å². The number of aromatic carboxylic acids is 1. The van der Waals surface area contributed by atoms with Crippen LogP contribution in [0.3, 0.4) is 0 Å². The molecule has 1 N–H and O–H groups in total. The van der Waals surface area contributed by atoms with Crippen LogP contribution in [0.4, 0.5) is 0 Å². The topological polar surface area (TPSA) is 50.2 Å². The van der Waals surface area contributed by atoms with E-state index < -0.39 is 5.97 Å². The molecule has 0 aliphatic carbocycles. The third-order valence-electron chi connectivity index (χ3n) is 3.18. The molecule has 2 rings (SSSR count). The first-order chi connectivity index (χ1) is 9.86. The van der Waals surface area contributed by atoms with Crippen LogP contribution in [-0.4, -0.2) is 16.1 Å². The van der Waals surface area contributed by atoms with Crippen LogP contribution in [0.5, 0.6) is 0 Å². The van der Waals surface area contributed by atoms with E-state index in [1.165, 1.54) is 16.7 Å². The SMILES string of the molecule is CC(C)(C)c1ccc(SCc2ccc(C(=O)O)cn2)cc1. The van der Waals surface area contributed by atoms with Crippen molar-refractivity contribution in [3.8, 4) is 0 Å². The van der Waals surface area contributed by atoms with Crippen LogP contribution in [0.2, 0.25) is 0 Å². The van der Waals surface area contributed by atoms with Crippen molar-refractivity contribution < 1.29 is 9.90 Å². The Balaban J connectivity index is 1.98. The van der Waals surface area contributed by atoms with Crippen molar-refractivity contribution in [2.45, 2.75) is 36.8 Å². The Labute approximate surface area is 129 Å². The largest absolute Gasteiger partial charge is 0.478 e. The molecule has 0 atom stereocenters. The Kier molecular flexibility index (Phi) is 4.68. The Hall–Kier alpha value is -1.81. The number of benzene rings is 1. The van der Waals surface area contributed by atoms with E-state index in [4.69, 9.17) is 5.11 Å². The van der Waals surface area contributed by atoms with E-state index in [-0.39, 0.29) is 11.0 Å². The van der Waals surface area contributed by atoms with E-state index in [0.717, 1.165) is 11.4 Å². The molecule has 0 aliphatic heterocycles. The van der Waals surface area contributed by atoms with E-state index in [1.807, 2.05) is 0 Å². The van der Waals surface area contributed by atoms with E-state index >= 15 is 0 Å². The van der Waals surface area contributed by atoms with E-state index in [0.29, 0.717) is 0 Å². The molecule has 0 unspecified atom stereocenters. The van der Waals surface area contributed by atoms with Crippen molar-refractivity contribution in [2.24, 2.45) is 0 Å². The van der Waals surface area contributed by atoms with Crippen molar-refractivity contribution >= 4 is 17.7 Å². The van der Waals surface area contributed by atoms with Gasteiger partial charge in [0, 0.05) is 16.8 Å². The van der Waals surface area contributed by atoms with Crippen LogP contribution in [0.15, 0.2) is 47.5 Å². The molecule has 0 aliphatic rings. The van der Waals surface area contributed by atoms with Gasteiger partial charge in [-0.3, -0.25) is 4.98 Å². The number of hydrogen-bond donors (Lipinski definition) is 1. The van der Waals surface area contributed by atoms with Crippen LogP contribution >= 0.6 is 11.8 Å². The summed E-state index contributed by atoms with van der Waals surface area (Å²) in [6, 6.07) is 11.9. The second kappa shape index (κ2) is 6.31.